The Morgan fingerprint density at radius 2 is 1.75 bits per heavy atom. The summed E-state index contributed by atoms with van der Waals surface area (Å²) in [6, 6.07) is 12.4. The highest BCUT2D eigenvalue weighted by Crippen LogP contribution is 2.36. The molecule has 0 fully saturated rings. The summed E-state index contributed by atoms with van der Waals surface area (Å²) in [5.74, 6) is -0.648. The van der Waals surface area contributed by atoms with Gasteiger partial charge in [-0.15, -0.1) is 0 Å². The molecule has 2 aliphatic rings. The van der Waals surface area contributed by atoms with Crippen molar-refractivity contribution in [3.05, 3.63) is 64.7 Å². The van der Waals surface area contributed by atoms with Crippen LogP contribution in [0.15, 0.2) is 42.5 Å². The maximum Gasteiger partial charge on any atom is 0.261 e. The molecule has 28 heavy (non-hydrogen) atoms. The van der Waals surface area contributed by atoms with E-state index >= 15 is 0 Å². The van der Waals surface area contributed by atoms with E-state index in [9.17, 15) is 19.5 Å². The number of rotatable bonds is 4. The van der Waals surface area contributed by atoms with Crippen molar-refractivity contribution in [1.29, 1.82) is 0 Å². The molecule has 0 saturated heterocycles. The fourth-order valence-corrected chi connectivity index (χ4v) is 4.05. The van der Waals surface area contributed by atoms with Crippen LogP contribution < -0.4 is 4.90 Å². The first-order valence-electron chi connectivity index (χ1n) is 9.52. The van der Waals surface area contributed by atoms with Crippen molar-refractivity contribution < 1.29 is 19.5 Å². The predicted octanol–water partition coefficient (Wildman–Crippen LogP) is 2.84. The topological polar surface area (TPSA) is 77.9 Å². The van der Waals surface area contributed by atoms with Gasteiger partial charge in [-0.1, -0.05) is 30.3 Å². The molecule has 3 amide bonds. The number of fused-ring (bicyclic) bond motifs is 2. The van der Waals surface area contributed by atoms with Crippen LogP contribution in [0.4, 0.5) is 5.69 Å². The Balaban J connectivity index is 1.42. The van der Waals surface area contributed by atoms with Gasteiger partial charge in [0.2, 0.25) is 5.91 Å². The number of amides is 3. The normalized spacial score (nSPS) is 18.3. The molecule has 0 aromatic heterocycles. The van der Waals surface area contributed by atoms with Gasteiger partial charge in [0, 0.05) is 25.1 Å². The Kier molecular flexibility index (Phi) is 4.73. The van der Waals surface area contributed by atoms with Crippen LogP contribution in [0.1, 0.15) is 57.2 Å². The van der Waals surface area contributed by atoms with Gasteiger partial charge in [-0.3, -0.25) is 19.3 Å². The number of aliphatic hydroxyl groups excluding tert-OH is 1. The van der Waals surface area contributed by atoms with E-state index in [1.54, 1.807) is 29.2 Å². The zero-order chi connectivity index (χ0) is 19.8. The maximum atomic E-state index is 12.8. The van der Waals surface area contributed by atoms with Gasteiger partial charge >= 0.3 is 0 Å². The lowest BCUT2D eigenvalue weighted by molar-refractivity contribution is -0.119. The highest BCUT2D eigenvalue weighted by molar-refractivity contribution is 6.21. The van der Waals surface area contributed by atoms with Crippen LogP contribution in [0.3, 0.4) is 0 Å². The predicted molar refractivity (Wildman–Crippen MR) is 104 cm³/mol. The van der Waals surface area contributed by atoms with E-state index in [1.807, 2.05) is 25.1 Å². The quantitative estimate of drug-likeness (QED) is 0.830. The molecule has 1 atom stereocenters. The van der Waals surface area contributed by atoms with Gasteiger partial charge in [-0.05, 0) is 37.5 Å². The highest BCUT2D eigenvalue weighted by Gasteiger charge is 2.35. The van der Waals surface area contributed by atoms with Crippen LogP contribution in [-0.4, -0.2) is 40.8 Å². The van der Waals surface area contributed by atoms with E-state index in [4.69, 9.17) is 0 Å². The molecule has 0 radical (unpaired) electrons. The fourth-order valence-electron chi connectivity index (χ4n) is 4.05. The molecule has 0 spiro atoms. The summed E-state index contributed by atoms with van der Waals surface area (Å²) in [6.07, 6.45) is 0.583. The molecule has 2 heterocycles. The molecular weight excluding hydrogens is 356 g/mol. The number of anilines is 1. The summed E-state index contributed by atoms with van der Waals surface area (Å²) in [5.41, 5.74) is 3.36. The van der Waals surface area contributed by atoms with Crippen molar-refractivity contribution in [2.24, 2.45) is 0 Å². The third kappa shape index (κ3) is 2.99. The summed E-state index contributed by atoms with van der Waals surface area (Å²) < 4.78 is 0. The molecule has 6 heteroatoms. The van der Waals surface area contributed by atoms with E-state index in [1.165, 1.54) is 4.90 Å². The summed E-state index contributed by atoms with van der Waals surface area (Å²) in [6.45, 7) is 2.61. The molecular formula is C22H22N2O4. The number of para-hydroxylation sites is 1. The Hall–Kier alpha value is -2.99. The number of hydrogen-bond acceptors (Lipinski definition) is 4. The fraction of sp³-hybridized carbons (Fsp3) is 0.318. The molecule has 2 aliphatic heterocycles. The lowest BCUT2D eigenvalue weighted by atomic mass is 9.95. The molecule has 6 nitrogen and oxygen atoms in total. The van der Waals surface area contributed by atoms with Gasteiger partial charge < -0.3 is 10.0 Å². The summed E-state index contributed by atoms with van der Waals surface area (Å²) in [4.78, 5) is 40.6. The number of benzene rings is 2. The summed E-state index contributed by atoms with van der Waals surface area (Å²) >= 11 is 0. The molecule has 0 saturated carbocycles. The third-order valence-corrected chi connectivity index (χ3v) is 5.48. The second kappa shape index (κ2) is 7.20. The summed E-state index contributed by atoms with van der Waals surface area (Å²) in [7, 11) is 0. The number of imide groups is 1. The molecule has 0 aliphatic carbocycles. The van der Waals surface area contributed by atoms with E-state index in [-0.39, 0.29) is 30.7 Å². The van der Waals surface area contributed by atoms with Crippen molar-refractivity contribution in [2.45, 2.75) is 32.3 Å². The summed E-state index contributed by atoms with van der Waals surface area (Å²) in [5, 5.41) is 10.2. The van der Waals surface area contributed by atoms with Crippen molar-refractivity contribution in [1.82, 2.24) is 4.90 Å². The van der Waals surface area contributed by atoms with Crippen LogP contribution in [0, 0.1) is 6.92 Å². The van der Waals surface area contributed by atoms with Crippen LogP contribution in [-0.2, 0) is 4.79 Å². The first-order chi connectivity index (χ1) is 13.5. The van der Waals surface area contributed by atoms with Crippen molar-refractivity contribution in [3.63, 3.8) is 0 Å². The molecule has 1 unspecified atom stereocenters. The smallest absolute Gasteiger partial charge is 0.261 e. The van der Waals surface area contributed by atoms with Gasteiger partial charge in [0.15, 0.2) is 0 Å². The van der Waals surface area contributed by atoms with E-state index in [2.05, 4.69) is 0 Å². The second-order valence-corrected chi connectivity index (χ2v) is 7.27. The molecule has 144 valence electrons. The second-order valence-electron chi connectivity index (χ2n) is 7.27. The van der Waals surface area contributed by atoms with Crippen molar-refractivity contribution in [2.75, 3.05) is 18.0 Å². The van der Waals surface area contributed by atoms with Gasteiger partial charge in [0.05, 0.1) is 22.9 Å². The number of nitrogens with zero attached hydrogens (tertiary/aromatic N) is 2. The molecule has 2 aromatic carbocycles. The van der Waals surface area contributed by atoms with E-state index < -0.39 is 6.10 Å². The lowest BCUT2D eigenvalue weighted by Crippen LogP contribution is -2.38. The number of hydrogen-bond donors (Lipinski definition) is 1. The highest BCUT2D eigenvalue weighted by atomic mass is 16.3. The van der Waals surface area contributed by atoms with E-state index in [0.717, 1.165) is 16.8 Å². The lowest BCUT2D eigenvalue weighted by Gasteiger charge is -2.33. The van der Waals surface area contributed by atoms with Gasteiger partial charge in [-0.2, -0.15) is 0 Å². The molecule has 4 rings (SSSR count). The monoisotopic (exact) mass is 378 g/mol. The zero-order valence-electron chi connectivity index (χ0n) is 15.7. The Labute approximate surface area is 163 Å². The van der Waals surface area contributed by atoms with Crippen LogP contribution in [0.25, 0.3) is 0 Å². The minimum atomic E-state index is -0.558. The van der Waals surface area contributed by atoms with E-state index in [0.29, 0.717) is 30.5 Å². The van der Waals surface area contributed by atoms with Gasteiger partial charge in [0.25, 0.3) is 11.8 Å². The number of carbonyl (C=O) groups excluding carboxylic acids is 3. The molecule has 0 bridgehead atoms. The van der Waals surface area contributed by atoms with Crippen LogP contribution in [0.5, 0.6) is 0 Å². The largest absolute Gasteiger partial charge is 0.388 e. The zero-order valence-corrected chi connectivity index (χ0v) is 15.7. The first-order valence-corrected chi connectivity index (χ1v) is 9.52. The molecule has 1 N–H and O–H groups in total. The third-order valence-electron chi connectivity index (χ3n) is 5.48. The minimum Gasteiger partial charge on any atom is -0.388 e. The number of aliphatic hydroxyl groups is 1. The van der Waals surface area contributed by atoms with Gasteiger partial charge in [-0.25, -0.2) is 0 Å². The molecule has 2 aromatic rings. The first kappa shape index (κ1) is 18.4. The Bertz CT molecular complexity index is 934. The van der Waals surface area contributed by atoms with Crippen molar-refractivity contribution >= 4 is 23.4 Å². The standard InChI is InChI=1S/C22H22N2O4/c1-14-6-4-9-17-18(25)11-13-23(20(14)17)19(26)10-5-12-24-21(27)15-7-2-3-8-16(15)22(24)28/h2-4,6-9,18,25H,5,10-13H2,1H3. The Morgan fingerprint density at radius 3 is 2.43 bits per heavy atom. The SMILES string of the molecule is Cc1cccc2c1N(C(=O)CCCN1C(=O)c3ccccc3C1=O)CCC2O. The van der Waals surface area contributed by atoms with Crippen LogP contribution >= 0.6 is 0 Å². The number of carbonyl (C=O) groups is 3. The van der Waals surface area contributed by atoms with Gasteiger partial charge in [0.1, 0.15) is 0 Å². The minimum absolute atomic E-state index is 0.0564. The maximum absolute atomic E-state index is 12.8. The Morgan fingerprint density at radius 1 is 1.07 bits per heavy atom. The number of aryl methyl sites for hydroxylation is 1. The average Bonchev–Trinajstić information content (AvgIpc) is 2.94. The van der Waals surface area contributed by atoms with Crippen molar-refractivity contribution in [3.8, 4) is 0 Å². The van der Waals surface area contributed by atoms with Crippen LogP contribution in [0.2, 0.25) is 0 Å². The average molecular weight is 378 g/mol.